The van der Waals surface area contributed by atoms with Gasteiger partial charge in [-0.15, -0.1) is 0 Å². The van der Waals surface area contributed by atoms with Crippen LogP contribution < -0.4 is 15.4 Å². The van der Waals surface area contributed by atoms with Crippen LogP contribution in [0.3, 0.4) is 0 Å². The number of methoxy groups -OCH3 is 1. The molecular formula is C24H30N4O3. The number of benzene rings is 2. The van der Waals surface area contributed by atoms with Crippen LogP contribution in [0, 0.1) is 6.92 Å². The first-order valence-electron chi connectivity index (χ1n) is 10.4. The molecule has 3 rings (SSSR count). The molecule has 31 heavy (non-hydrogen) atoms. The van der Waals surface area contributed by atoms with Gasteiger partial charge in [0.1, 0.15) is 18.6 Å². The van der Waals surface area contributed by atoms with Gasteiger partial charge in [0.2, 0.25) is 5.89 Å². The average Bonchev–Trinajstić information content (AvgIpc) is 3.26. The SMILES string of the molecule is CCNC(=NCc1ccc(OCCOC)cc1)NCc1coc(-c2ccc(C)cc2)n1. The molecule has 3 aromatic rings. The molecule has 2 N–H and O–H groups in total. The third-order valence-electron chi connectivity index (χ3n) is 4.53. The highest BCUT2D eigenvalue weighted by Gasteiger charge is 2.07. The summed E-state index contributed by atoms with van der Waals surface area (Å²) >= 11 is 0. The number of nitrogens with zero attached hydrogens (tertiary/aromatic N) is 2. The fourth-order valence-corrected chi connectivity index (χ4v) is 2.84. The second-order valence-corrected chi connectivity index (χ2v) is 7.04. The molecule has 0 saturated carbocycles. The Balaban J connectivity index is 1.54. The molecule has 0 unspecified atom stereocenters. The van der Waals surface area contributed by atoms with Gasteiger partial charge in [0.05, 0.1) is 25.4 Å². The molecule has 0 saturated heterocycles. The van der Waals surface area contributed by atoms with Crippen LogP contribution in [0.2, 0.25) is 0 Å². The Bertz CT molecular complexity index is 950. The van der Waals surface area contributed by atoms with E-state index < -0.39 is 0 Å². The number of nitrogens with one attached hydrogen (secondary N) is 2. The number of ether oxygens (including phenoxy) is 2. The Labute approximate surface area is 183 Å². The molecule has 164 valence electrons. The number of hydrogen-bond acceptors (Lipinski definition) is 5. The van der Waals surface area contributed by atoms with Crippen LogP contribution in [-0.2, 0) is 17.8 Å². The van der Waals surface area contributed by atoms with Crippen LogP contribution >= 0.6 is 0 Å². The van der Waals surface area contributed by atoms with Gasteiger partial charge in [-0.25, -0.2) is 9.98 Å². The first kappa shape index (κ1) is 22.4. The molecule has 0 aliphatic rings. The standard InChI is InChI=1S/C24H30N4O3/c1-4-25-24(26-15-19-7-11-22(12-8-19)30-14-13-29-3)27-16-21-17-31-23(28-21)20-9-5-18(2)6-10-20/h5-12,17H,4,13-16H2,1-3H3,(H2,25,26,27). The molecule has 0 aliphatic carbocycles. The number of aromatic nitrogens is 1. The number of oxazole rings is 1. The highest BCUT2D eigenvalue weighted by atomic mass is 16.5. The van der Waals surface area contributed by atoms with Crippen LogP contribution in [0.4, 0.5) is 0 Å². The fourth-order valence-electron chi connectivity index (χ4n) is 2.84. The molecule has 7 nitrogen and oxygen atoms in total. The first-order valence-corrected chi connectivity index (χ1v) is 10.4. The van der Waals surface area contributed by atoms with E-state index in [1.54, 1.807) is 13.4 Å². The second kappa shape index (κ2) is 11.8. The normalized spacial score (nSPS) is 11.4. The van der Waals surface area contributed by atoms with E-state index in [2.05, 4.69) is 27.5 Å². The lowest BCUT2D eigenvalue weighted by Gasteiger charge is -2.10. The minimum Gasteiger partial charge on any atom is -0.491 e. The molecule has 0 bridgehead atoms. The van der Waals surface area contributed by atoms with Crippen molar-refractivity contribution in [1.82, 2.24) is 15.6 Å². The number of aryl methyl sites for hydroxylation is 1. The van der Waals surface area contributed by atoms with Crippen molar-refractivity contribution in [2.45, 2.75) is 26.9 Å². The van der Waals surface area contributed by atoms with Crippen molar-refractivity contribution >= 4 is 5.96 Å². The molecule has 1 aromatic heterocycles. The summed E-state index contributed by atoms with van der Waals surface area (Å²) in [5.41, 5.74) is 4.09. The third kappa shape index (κ3) is 7.15. The number of aliphatic imine (C=N–C) groups is 1. The molecule has 2 aromatic carbocycles. The second-order valence-electron chi connectivity index (χ2n) is 7.04. The van der Waals surface area contributed by atoms with Crippen LogP contribution in [0.5, 0.6) is 5.75 Å². The topological polar surface area (TPSA) is 80.9 Å². The van der Waals surface area contributed by atoms with Gasteiger partial charge in [0.25, 0.3) is 0 Å². The predicted molar refractivity (Wildman–Crippen MR) is 122 cm³/mol. The van der Waals surface area contributed by atoms with Crippen molar-refractivity contribution in [1.29, 1.82) is 0 Å². The summed E-state index contributed by atoms with van der Waals surface area (Å²) in [6.45, 7) is 7.05. The van der Waals surface area contributed by atoms with Gasteiger partial charge in [-0.2, -0.15) is 0 Å². The smallest absolute Gasteiger partial charge is 0.226 e. The monoisotopic (exact) mass is 422 g/mol. The Morgan fingerprint density at radius 3 is 2.52 bits per heavy atom. The maximum atomic E-state index is 5.63. The van der Waals surface area contributed by atoms with E-state index >= 15 is 0 Å². The summed E-state index contributed by atoms with van der Waals surface area (Å²) in [6, 6.07) is 16.0. The Kier molecular flexibility index (Phi) is 8.48. The lowest BCUT2D eigenvalue weighted by Crippen LogP contribution is -2.36. The minimum atomic E-state index is 0.521. The number of guanidine groups is 1. The van der Waals surface area contributed by atoms with E-state index in [4.69, 9.17) is 13.9 Å². The highest BCUT2D eigenvalue weighted by Crippen LogP contribution is 2.19. The zero-order chi connectivity index (χ0) is 21.9. The van der Waals surface area contributed by atoms with Crippen LogP contribution in [-0.4, -0.2) is 37.8 Å². The molecule has 0 atom stereocenters. The van der Waals surface area contributed by atoms with Gasteiger partial charge in [0.15, 0.2) is 5.96 Å². The van der Waals surface area contributed by atoms with Crippen molar-refractivity contribution < 1.29 is 13.9 Å². The van der Waals surface area contributed by atoms with Crippen molar-refractivity contribution in [2.75, 3.05) is 26.9 Å². The van der Waals surface area contributed by atoms with Gasteiger partial charge >= 0.3 is 0 Å². The summed E-state index contributed by atoms with van der Waals surface area (Å²) < 4.78 is 16.2. The van der Waals surface area contributed by atoms with Gasteiger partial charge < -0.3 is 24.5 Å². The fraction of sp³-hybridized carbons (Fsp3) is 0.333. The summed E-state index contributed by atoms with van der Waals surface area (Å²) in [6.07, 6.45) is 1.67. The average molecular weight is 423 g/mol. The van der Waals surface area contributed by atoms with Crippen molar-refractivity contribution in [3.05, 3.63) is 71.6 Å². The van der Waals surface area contributed by atoms with E-state index in [1.807, 2.05) is 55.5 Å². The largest absolute Gasteiger partial charge is 0.491 e. The Morgan fingerprint density at radius 2 is 1.81 bits per heavy atom. The van der Waals surface area contributed by atoms with Crippen LogP contribution in [0.1, 0.15) is 23.7 Å². The highest BCUT2D eigenvalue weighted by molar-refractivity contribution is 5.79. The summed E-state index contributed by atoms with van der Waals surface area (Å²) in [5.74, 6) is 2.17. The molecule has 0 fully saturated rings. The van der Waals surface area contributed by atoms with Crippen molar-refractivity contribution in [3.63, 3.8) is 0 Å². The molecular weight excluding hydrogens is 392 g/mol. The zero-order valence-electron chi connectivity index (χ0n) is 18.4. The molecule has 0 spiro atoms. The summed E-state index contributed by atoms with van der Waals surface area (Å²) in [7, 11) is 1.66. The number of hydrogen-bond donors (Lipinski definition) is 2. The molecule has 0 amide bonds. The van der Waals surface area contributed by atoms with E-state index in [0.717, 1.165) is 35.1 Å². The predicted octanol–water partition coefficient (Wildman–Crippen LogP) is 3.93. The van der Waals surface area contributed by atoms with Crippen LogP contribution in [0.15, 0.2) is 64.2 Å². The minimum absolute atomic E-state index is 0.521. The van der Waals surface area contributed by atoms with E-state index in [1.165, 1.54) is 5.56 Å². The molecule has 7 heteroatoms. The van der Waals surface area contributed by atoms with Gasteiger partial charge in [-0.05, 0) is 43.7 Å². The van der Waals surface area contributed by atoms with E-state index in [9.17, 15) is 0 Å². The zero-order valence-corrected chi connectivity index (χ0v) is 18.4. The summed E-state index contributed by atoms with van der Waals surface area (Å²) in [5, 5.41) is 6.56. The van der Waals surface area contributed by atoms with E-state index in [0.29, 0.717) is 32.2 Å². The lowest BCUT2D eigenvalue weighted by molar-refractivity contribution is 0.146. The van der Waals surface area contributed by atoms with Gasteiger partial charge in [-0.3, -0.25) is 0 Å². The molecule has 0 aliphatic heterocycles. The summed E-state index contributed by atoms with van der Waals surface area (Å²) in [4.78, 5) is 9.22. The van der Waals surface area contributed by atoms with Crippen molar-refractivity contribution in [2.24, 2.45) is 4.99 Å². The maximum Gasteiger partial charge on any atom is 0.226 e. The van der Waals surface area contributed by atoms with Gasteiger partial charge in [0, 0.05) is 19.2 Å². The maximum absolute atomic E-state index is 5.63. The Hall–Kier alpha value is -3.32. The van der Waals surface area contributed by atoms with E-state index in [-0.39, 0.29) is 0 Å². The number of rotatable bonds is 10. The lowest BCUT2D eigenvalue weighted by atomic mass is 10.1. The van der Waals surface area contributed by atoms with Crippen molar-refractivity contribution in [3.8, 4) is 17.2 Å². The molecule has 0 radical (unpaired) electrons. The Morgan fingerprint density at radius 1 is 1.03 bits per heavy atom. The molecule has 1 heterocycles. The first-order chi connectivity index (χ1) is 15.2. The van der Waals surface area contributed by atoms with Crippen LogP contribution in [0.25, 0.3) is 11.5 Å². The third-order valence-corrected chi connectivity index (χ3v) is 4.53. The quantitative estimate of drug-likeness (QED) is 0.293. The van der Waals surface area contributed by atoms with Gasteiger partial charge in [-0.1, -0.05) is 29.8 Å².